The first-order valence-electron chi connectivity index (χ1n) is 10.3. The molecule has 0 spiro atoms. The highest BCUT2D eigenvalue weighted by Gasteiger charge is 2.27. The van der Waals surface area contributed by atoms with Crippen LogP contribution in [0.5, 0.6) is 0 Å². The summed E-state index contributed by atoms with van der Waals surface area (Å²) in [5, 5.41) is 2.82. The lowest BCUT2D eigenvalue weighted by atomic mass is 10.0. The lowest BCUT2D eigenvalue weighted by Crippen LogP contribution is -3.13. The average molecular weight is 399 g/mol. The Morgan fingerprint density at radius 3 is 2.43 bits per heavy atom. The molecule has 5 heteroatoms. The van der Waals surface area contributed by atoms with Gasteiger partial charge in [0.15, 0.2) is 0 Å². The largest absolute Gasteiger partial charge is 0.422 e. The molecule has 0 unspecified atom stereocenters. The molecule has 1 N–H and O–H groups in total. The van der Waals surface area contributed by atoms with E-state index in [-0.39, 0.29) is 11.5 Å². The average Bonchev–Trinajstić information content (AvgIpc) is 2.79. The Hall–Kier alpha value is -3.44. The van der Waals surface area contributed by atoms with E-state index in [9.17, 15) is 9.59 Å². The number of hydrogen-bond donors (Lipinski definition) is 1. The monoisotopic (exact) mass is 399 g/mol. The summed E-state index contributed by atoms with van der Waals surface area (Å²) in [6.45, 7) is 3.94. The van der Waals surface area contributed by atoms with Crippen LogP contribution in [-0.4, -0.2) is 37.0 Å². The molecule has 1 aliphatic rings. The van der Waals surface area contributed by atoms with Gasteiger partial charge in [-0.1, -0.05) is 60.7 Å². The predicted octanol–water partition coefficient (Wildman–Crippen LogP) is 2.49. The maximum atomic E-state index is 13.1. The Balaban J connectivity index is 1.38. The normalized spacial score (nSPS) is 15.0. The minimum atomic E-state index is -0.568. The Morgan fingerprint density at radius 1 is 0.900 bits per heavy atom. The van der Waals surface area contributed by atoms with Crippen molar-refractivity contribution in [3.63, 3.8) is 0 Å². The number of nitrogens with zero attached hydrogens (tertiary/aromatic N) is 1. The van der Waals surface area contributed by atoms with Gasteiger partial charge in [-0.15, -0.1) is 0 Å². The quantitative estimate of drug-likeness (QED) is 0.425. The summed E-state index contributed by atoms with van der Waals surface area (Å²) in [6, 6.07) is 23.7. The first kappa shape index (κ1) is 18.6. The van der Waals surface area contributed by atoms with Gasteiger partial charge < -0.3 is 14.2 Å². The molecule has 1 fully saturated rings. The van der Waals surface area contributed by atoms with Crippen molar-refractivity contribution < 1.29 is 14.1 Å². The van der Waals surface area contributed by atoms with Gasteiger partial charge in [0.1, 0.15) is 17.7 Å². The van der Waals surface area contributed by atoms with Crippen molar-refractivity contribution in [3.05, 3.63) is 94.3 Å². The van der Waals surface area contributed by atoms with E-state index in [1.54, 1.807) is 17.0 Å². The number of nitrogens with one attached hydrogen (secondary N) is 1. The molecule has 0 saturated carbocycles. The maximum absolute atomic E-state index is 13.1. The zero-order valence-electron chi connectivity index (χ0n) is 16.6. The van der Waals surface area contributed by atoms with E-state index in [2.05, 4.69) is 24.3 Å². The van der Waals surface area contributed by atoms with Crippen LogP contribution >= 0.6 is 0 Å². The summed E-state index contributed by atoms with van der Waals surface area (Å²) in [6.07, 6.45) is 0. The second-order valence-electron chi connectivity index (χ2n) is 7.85. The summed E-state index contributed by atoms with van der Waals surface area (Å²) in [5.41, 5.74) is 1.36. The standard InChI is InChI=1S/C25H22N2O3/c28-24(27-14-12-26(13-15-27)17-18-6-2-1-3-7-18)22-16-21-20-9-5-4-8-19(20)10-11-23(21)30-25(22)29/h1-11,16H,12-15,17H2/p+1. The van der Waals surface area contributed by atoms with E-state index < -0.39 is 5.63 Å². The molecule has 0 atom stereocenters. The number of amides is 1. The first-order chi connectivity index (χ1) is 14.7. The summed E-state index contributed by atoms with van der Waals surface area (Å²) in [5.74, 6) is -0.239. The van der Waals surface area contributed by atoms with Gasteiger partial charge in [-0.3, -0.25) is 4.79 Å². The summed E-state index contributed by atoms with van der Waals surface area (Å²) >= 11 is 0. The molecule has 0 radical (unpaired) electrons. The van der Waals surface area contributed by atoms with Crippen LogP contribution in [0, 0.1) is 0 Å². The van der Waals surface area contributed by atoms with Crippen molar-refractivity contribution in [1.29, 1.82) is 0 Å². The number of quaternary nitrogens is 1. The minimum Gasteiger partial charge on any atom is -0.422 e. The van der Waals surface area contributed by atoms with Crippen LogP contribution in [0.25, 0.3) is 21.7 Å². The van der Waals surface area contributed by atoms with Crippen molar-refractivity contribution in [2.45, 2.75) is 6.54 Å². The maximum Gasteiger partial charge on any atom is 0.349 e. The number of benzene rings is 3. The van der Waals surface area contributed by atoms with Gasteiger partial charge in [-0.25, -0.2) is 4.79 Å². The van der Waals surface area contributed by atoms with E-state index >= 15 is 0 Å². The third kappa shape index (κ3) is 3.48. The number of rotatable bonds is 3. The van der Waals surface area contributed by atoms with Gasteiger partial charge >= 0.3 is 5.63 Å². The predicted molar refractivity (Wildman–Crippen MR) is 117 cm³/mol. The Bertz CT molecular complexity index is 1270. The van der Waals surface area contributed by atoms with Gasteiger partial charge in [0.25, 0.3) is 5.91 Å². The number of piperazine rings is 1. The lowest BCUT2D eigenvalue weighted by molar-refractivity contribution is -0.917. The third-order valence-electron chi connectivity index (χ3n) is 5.93. The summed E-state index contributed by atoms with van der Waals surface area (Å²) in [7, 11) is 0. The fourth-order valence-electron chi connectivity index (χ4n) is 4.28. The number of carbonyl (C=O) groups excluding carboxylic acids is 1. The molecule has 0 aliphatic carbocycles. The van der Waals surface area contributed by atoms with Crippen molar-refractivity contribution in [3.8, 4) is 0 Å². The van der Waals surface area contributed by atoms with Gasteiger partial charge in [0, 0.05) is 10.9 Å². The van der Waals surface area contributed by atoms with E-state index in [4.69, 9.17) is 4.42 Å². The van der Waals surface area contributed by atoms with Gasteiger partial charge in [0.05, 0.1) is 26.2 Å². The lowest BCUT2D eigenvalue weighted by Gasteiger charge is -2.32. The van der Waals surface area contributed by atoms with E-state index in [1.807, 2.05) is 36.4 Å². The zero-order chi connectivity index (χ0) is 20.5. The fraction of sp³-hybridized carbons (Fsp3) is 0.200. The van der Waals surface area contributed by atoms with E-state index in [0.717, 1.165) is 35.8 Å². The number of fused-ring (bicyclic) bond motifs is 3. The molecule has 4 aromatic rings. The van der Waals surface area contributed by atoms with Crippen LogP contribution in [0.15, 0.2) is 82.0 Å². The SMILES string of the molecule is O=C(c1cc2c(ccc3ccccc32)oc1=O)N1CC[NH+](Cc2ccccc2)CC1. The van der Waals surface area contributed by atoms with Crippen LogP contribution < -0.4 is 10.5 Å². The molecule has 1 aromatic heterocycles. The summed E-state index contributed by atoms with van der Waals surface area (Å²) in [4.78, 5) is 28.9. The first-order valence-corrected chi connectivity index (χ1v) is 10.3. The molecule has 1 saturated heterocycles. The van der Waals surface area contributed by atoms with Gasteiger partial charge in [0.2, 0.25) is 0 Å². The molecule has 1 amide bonds. The van der Waals surface area contributed by atoms with Crippen LogP contribution in [-0.2, 0) is 6.54 Å². The molecule has 0 bridgehead atoms. The van der Waals surface area contributed by atoms with Crippen LogP contribution in [0.2, 0.25) is 0 Å². The molecule has 5 nitrogen and oxygen atoms in total. The van der Waals surface area contributed by atoms with E-state index in [0.29, 0.717) is 18.7 Å². The molecule has 2 heterocycles. The van der Waals surface area contributed by atoms with Crippen molar-refractivity contribution in [2.75, 3.05) is 26.2 Å². The smallest absolute Gasteiger partial charge is 0.349 e. The Kier molecular flexibility index (Phi) is 4.81. The van der Waals surface area contributed by atoms with Crippen molar-refractivity contribution in [1.82, 2.24) is 4.90 Å². The van der Waals surface area contributed by atoms with Crippen molar-refractivity contribution >= 4 is 27.6 Å². The summed E-state index contributed by atoms with van der Waals surface area (Å²) < 4.78 is 5.50. The van der Waals surface area contributed by atoms with E-state index in [1.165, 1.54) is 10.5 Å². The van der Waals surface area contributed by atoms with Gasteiger partial charge in [-0.2, -0.15) is 0 Å². The van der Waals surface area contributed by atoms with Gasteiger partial charge in [-0.05, 0) is 22.9 Å². The van der Waals surface area contributed by atoms with Crippen LogP contribution in [0.4, 0.5) is 0 Å². The topological polar surface area (TPSA) is 55.0 Å². The number of hydrogen-bond acceptors (Lipinski definition) is 3. The van der Waals surface area contributed by atoms with Crippen LogP contribution in [0.3, 0.4) is 0 Å². The fourth-order valence-corrected chi connectivity index (χ4v) is 4.28. The third-order valence-corrected chi connectivity index (χ3v) is 5.93. The molecule has 150 valence electrons. The molecular formula is C25H23N2O3+. The Labute approximate surface area is 174 Å². The molecule has 3 aromatic carbocycles. The minimum absolute atomic E-state index is 0.116. The highest BCUT2D eigenvalue weighted by molar-refractivity contribution is 6.07. The molecular weight excluding hydrogens is 376 g/mol. The molecule has 5 rings (SSSR count). The second kappa shape index (κ2) is 7.76. The second-order valence-corrected chi connectivity index (χ2v) is 7.85. The van der Waals surface area contributed by atoms with Crippen molar-refractivity contribution in [2.24, 2.45) is 0 Å². The van der Waals surface area contributed by atoms with Crippen LogP contribution in [0.1, 0.15) is 15.9 Å². The highest BCUT2D eigenvalue weighted by atomic mass is 16.4. The number of carbonyl (C=O) groups is 1. The Morgan fingerprint density at radius 2 is 1.63 bits per heavy atom. The molecule has 1 aliphatic heterocycles. The molecule has 30 heavy (non-hydrogen) atoms. The highest BCUT2D eigenvalue weighted by Crippen LogP contribution is 2.25. The zero-order valence-corrected chi connectivity index (χ0v) is 16.6.